The molecule has 0 aromatic heterocycles. The highest BCUT2D eigenvalue weighted by Gasteiger charge is 2.42. The average Bonchev–Trinajstić information content (AvgIpc) is 3.14. The van der Waals surface area contributed by atoms with Crippen LogP contribution in [0, 0.1) is 0 Å². The Kier molecular flexibility index (Phi) is 3.68. The summed E-state index contributed by atoms with van der Waals surface area (Å²) < 4.78 is 5.75. The molecule has 4 aliphatic rings. The third-order valence-corrected chi connectivity index (χ3v) is 5.80. The van der Waals surface area contributed by atoms with E-state index in [1.54, 1.807) is 6.34 Å². The summed E-state index contributed by atoms with van der Waals surface area (Å²) in [4.78, 5) is 23.4. The van der Waals surface area contributed by atoms with Gasteiger partial charge in [-0.05, 0) is 31.4 Å². The topological polar surface area (TPSA) is 104 Å². The van der Waals surface area contributed by atoms with Crippen LogP contribution in [-0.4, -0.2) is 54.6 Å². The van der Waals surface area contributed by atoms with Gasteiger partial charge in [-0.15, -0.1) is 0 Å². The number of likely N-dealkylation sites (tertiary alicyclic amines) is 1. The van der Waals surface area contributed by atoms with Crippen LogP contribution in [0.2, 0.25) is 0 Å². The molecule has 1 spiro atoms. The molecular formula is C19H22N6O2. The zero-order chi connectivity index (χ0) is 18.4. The molecule has 27 heavy (non-hydrogen) atoms. The minimum atomic E-state index is -0.346. The molecule has 0 saturated carbocycles. The fraction of sp³-hybridized carbons (Fsp3) is 0.421. The highest BCUT2D eigenvalue weighted by Crippen LogP contribution is 2.37. The number of nitrogens with zero attached hydrogens (tertiary/aromatic N) is 3. The smallest absolute Gasteiger partial charge is 0.253 e. The number of carbonyl (C=O) groups is 1. The lowest BCUT2D eigenvalue weighted by molar-refractivity contribution is -0.169. The second-order valence-electron chi connectivity index (χ2n) is 7.38. The Labute approximate surface area is 157 Å². The van der Waals surface area contributed by atoms with Gasteiger partial charge in [0.15, 0.2) is 12.1 Å². The molecule has 0 radical (unpaired) electrons. The summed E-state index contributed by atoms with van der Waals surface area (Å²) in [5, 5.41) is 6.21. The van der Waals surface area contributed by atoms with Crippen LogP contribution in [-0.2, 0) is 4.74 Å². The molecule has 4 aliphatic heterocycles. The van der Waals surface area contributed by atoms with Gasteiger partial charge in [-0.3, -0.25) is 4.79 Å². The second-order valence-corrected chi connectivity index (χ2v) is 7.38. The zero-order valence-electron chi connectivity index (χ0n) is 14.9. The van der Waals surface area contributed by atoms with Crippen molar-refractivity contribution in [3.05, 3.63) is 41.1 Å². The van der Waals surface area contributed by atoms with Crippen LogP contribution in [0.5, 0.6) is 0 Å². The predicted octanol–water partition coefficient (Wildman–Crippen LogP) is 0.626. The third-order valence-electron chi connectivity index (χ3n) is 5.80. The van der Waals surface area contributed by atoms with E-state index in [1.807, 2.05) is 29.2 Å². The number of guanidine groups is 1. The van der Waals surface area contributed by atoms with E-state index in [-0.39, 0.29) is 17.7 Å². The monoisotopic (exact) mass is 366 g/mol. The van der Waals surface area contributed by atoms with E-state index in [9.17, 15) is 4.79 Å². The maximum atomic E-state index is 13.0. The molecule has 4 N–H and O–H groups in total. The molecule has 4 heterocycles. The lowest BCUT2D eigenvalue weighted by Crippen LogP contribution is -2.53. The summed E-state index contributed by atoms with van der Waals surface area (Å²) in [6, 6.07) is 7.61. The molecule has 0 aliphatic carbocycles. The Balaban J connectivity index is 1.37. The Morgan fingerprint density at radius 1 is 1.30 bits per heavy atom. The summed E-state index contributed by atoms with van der Waals surface area (Å²) in [5.74, 6) is 0.374. The van der Waals surface area contributed by atoms with Crippen LogP contribution < -0.4 is 16.4 Å². The largest absolute Gasteiger partial charge is 0.375 e. The van der Waals surface area contributed by atoms with Crippen molar-refractivity contribution in [3.8, 4) is 0 Å². The first-order valence-corrected chi connectivity index (χ1v) is 9.30. The molecule has 1 amide bonds. The van der Waals surface area contributed by atoms with Crippen molar-refractivity contribution in [1.82, 2.24) is 15.5 Å². The maximum absolute atomic E-state index is 13.0. The summed E-state index contributed by atoms with van der Waals surface area (Å²) in [5.41, 5.74) is 9.13. The molecule has 1 atom stereocenters. The fourth-order valence-electron chi connectivity index (χ4n) is 4.11. The van der Waals surface area contributed by atoms with Crippen molar-refractivity contribution in [1.29, 1.82) is 0 Å². The van der Waals surface area contributed by atoms with Crippen molar-refractivity contribution < 1.29 is 9.53 Å². The SMILES string of the molecule is NC1=NC2N=CNC2=C(c2cccc(C(=O)N3CCC4(CCO4)CC3)c2)N1. The first kappa shape index (κ1) is 16.3. The van der Waals surface area contributed by atoms with Gasteiger partial charge in [-0.2, -0.15) is 0 Å². The number of nitrogens with two attached hydrogens (primary N) is 1. The number of piperidine rings is 1. The van der Waals surface area contributed by atoms with Gasteiger partial charge in [0.2, 0.25) is 0 Å². The Morgan fingerprint density at radius 3 is 2.85 bits per heavy atom. The number of hydrogen-bond acceptors (Lipinski definition) is 7. The van der Waals surface area contributed by atoms with Crippen molar-refractivity contribution in [2.24, 2.45) is 15.7 Å². The number of benzene rings is 1. The lowest BCUT2D eigenvalue weighted by atomic mass is 9.84. The Bertz CT molecular complexity index is 876. The van der Waals surface area contributed by atoms with Gasteiger partial charge in [0, 0.05) is 24.2 Å². The molecule has 1 aromatic rings. The standard InChI is InChI=1S/C19H22N6O2/c20-18-23-14(15-16(24-18)22-11-21-15)12-2-1-3-13(10-12)17(26)25-7-4-19(5-8-25)6-9-27-19/h1-3,10-11,16H,4-9H2,(H,21,22)(H3,20,23,24). The normalized spacial score (nSPS) is 25.4. The first-order chi connectivity index (χ1) is 13.1. The summed E-state index contributed by atoms with van der Waals surface area (Å²) in [7, 11) is 0. The quantitative estimate of drug-likeness (QED) is 0.712. The number of fused-ring (bicyclic) bond motifs is 1. The summed E-state index contributed by atoms with van der Waals surface area (Å²) in [6.07, 6.45) is 4.23. The van der Waals surface area contributed by atoms with Crippen molar-refractivity contribution in [2.45, 2.75) is 31.0 Å². The Morgan fingerprint density at radius 2 is 2.11 bits per heavy atom. The zero-order valence-corrected chi connectivity index (χ0v) is 14.9. The Hall–Kier alpha value is -2.87. The molecule has 8 nitrogen and oxygen atoms in total. The number of amides is 1. The van der Waals surface area contributed by atoms with Gasteiger partial charge in [-0.25, -0.2) is 9.98 Å². The average molecular weight is 366 g/mol. The number of nitrogens with one attached hydrogen (secondary N) is 2. The van der Waals surface area contributed by atoms with Crippen molar-refractivity contribution >= 4 is 23.9 Å². The van der Waals surface area contributed by atoms with Crippen LogP contribution in [0.15, 0.2) is 39.9 Å². The van der Waals surface area contributed by atoms with Crippen LogP contribution in [0.1, 0.15) is 35.2 Å². The van der Waals surface area contributed by atoms with Gasteiger partial charge in [0.1, 0.15) is 0 Å². The number of hydrogen-bond donors (Lipinski definition) is 3. The van der Waals surface area contributed by atoms with E-state index < -0.39 is 0 Å². The van der Waals surface area contributed by atoms with Crippen LogP contribution in [0.25, 0.3) is 5.70 Å². The van der Waals surface area contributed by atoms with E-state index in [2.05, 4.69) is 20.6 Å². The molecule has 0 bridgehead atoms. The molecule has 1 unspecified atom stereocenters. The van der Waals surface area contributed by atoms with Crippen molar-refractivity contribution in [3.63, 3.8) is 0 Å². The van der Waals surface area contributed by atoms with Crippen LogP contribution >= 0.6 is 0 Å². The van der Waals surface area contributed by atoms with Gasteiger partial charge < -0.3 is 26.0 Å². The van der Waals surface area contributed by atoms with Gasteiger partial charge in [0.05, 0.1) is 29.9 Å². The molecule has 140 valence electrons. The summed E-state index contributed by atoms with van der Waals surface area (Å²) >= 11 is 0. The number of rotatable bonds is 2. The summed E-state index contributed by atoms with van der Waals surface area (Å²) in [6.45, 7) is 2.34. The van der Waals surface area contributed by atoms with E-state index in [0.717, 1.165) is 55.9 Å². The molecular weight excluding hydrogens is 344 g/mol. The lowest BCUT2D eigenvalue weighted by Gasteiger charge is -2.47. The molecule has 5 rings (SSSR count). The molecule has 8 heteroatoms. The highest BCUT2D eigenvalue weighted by molar-refractivity contribution is 5.97. The van der Waals surface area contributed by atoms with Crippen molar-refractivity contribution in [2.75, 3.05) is 19.7 Å². The minimum Gasteiger partial charge on any atom is -0.375 e. The maximum Gasteiger partial charge on any atom is 0.253 e. The number of aliphatic imine (C=N–C) groups is 2. The molecule has 1 aromatic carbocycles. The number of carbonyl (C=O) groups excluding carboxylic acids is 1. The first-order valence-electron chi connectivity index (χ1n) is 9.30. The van der Waals surface area contributed by atoms with E-state index in [4.69, 9.17) is 10.5 Å². The van der Waals surface area contributed by atoms with Gasteiger partial charge >= 0.3 is 0 Å². The highest BCUT2D eigenvalue weighted by atomic mass is 16.5. The van der Waals surface area contributed by atoms with Crippen LogP contribution in [0.4, 0.5) is 0 Å². The van der Waals surface area contributed by atoms with Gasteiger partial charge in [0.25, 0.3) is 5.91 Å². The number of ether oxygens (including phenoxy) is 1. The van der Waals surface area contributed by atoms with E-state index >= 15 is 0 Å². The predicted molar refractivity (Wildman–Crippen MR) is 102 cm³/mol. The molecule has 2 saturated heterocycles. The molecule has 2 fully saturated rings. The minimum absolute atomic E-state index is 0.0388. The second kappa shape index (κ2) is 6.09. The third kappa shape index (κ3) is 2.76. The van der Waals surface area contributed by atoms with E-state index in [1.165, 1.54) is 0 Å². The van der Waals surface area contributed by atoms with Crippen LogP contribution in [0.3, 0.4) is 0 Å². The fourth-order valence-corrected chi connectivity index (χ4v) is 4.11. The van der Waals surface area contributed by atoms with Gasteiger partial charge in [-0.1, -0.05) is 12.1 Å². The van der Waals surface area contributed by atoms with E-state index in [0.29, 0.717) is 11.5 Å².